The topological polar surface area (TPSA) is 73.9 Å². The fourth-order valence-electron chi connectivity index (χ4n) is 1.88. The second-order valence-electron chi connectivity index (χ2n) is 6.27. The number of esters is 1. The van der Waals surface area contributed by atoms with E-state index in [2.05, 4.69) is 22.4 Å². The predicted octanol–water partition coefficient (Wildman–Crippen LogP) is 3.26. The summed E-state index contributed by atoms with van der Waals surface area (Å²) in [7, 11) is 0. The number of carbonyl (C=O) groups excluding carboxylic acids is 2. The smallest absolute Gasteiger partial charge is 0.408 e. The fourth-order valence-corrected chi connectivity index (χ4v) is 2.01. The number of ether oxygens (including phenoxy) is 2. The van der Waals surface area contributed by atoms with Gasteiger partial charge in [-0.1, -0.05) is 30.3 Å². The van der Waals surface area contributed by atoms with Gasteiger partial charge in [-0.3, -0.25) is 0 Å². The van der Waals surface area contributed by atoms with Crippen LogP contribution in [0.5, 0.6) is 0 Å². The van der Waals surface area contributed by atoms with Crippen LogP contribution in [-0.2, 0) is 25.1 Å². The monoisotopic (exact) mass is 355 g/mol. The molecule has 0 heterocycles. The highest BCUT2D eigenvalue weighted by Gasteiger charge is 2.26. The molecule has 6 nitrogen and oxygen atoms in total. The van der Waals surface area contributed by atoms with Crippen molar-refractivity contribution in [2.75, 3.05) is 6.61 Å². The van der Waals surface area contributed by atoms with Crippen LogP contribution in [-0.4, -0.2) is 30.3 Å². The van der Waals surface area contributed by atoms with Crippen molar-refractivity contribution in [3.05, 3.63) is 35.9 Å². The summed E-state index contributed by atoms with van der Waals surface area (Å²) >= 11 is 3.66. The average Bonchev–Trinajstić information content (AvgIpc) is 2.51. The largest absolute Gasteiger partial charge is 0.458 e. The molecule has 1 aromatic rings. The molecular weight excluding hydrogens is 330 g/mol. The van der Waals surface area contributed by atoms with Crippen molar-refractivity contribution in [2.24, 2.45) is 0 Å². The van der Waals surface area contributed by atoms with Crippen LogP contribution in [0.15, 0.2) is 30.3 Å². The lowest BCUT2D eigenvalue weighted by atomic mass is 10.1. The van der Waals surface area contributed by atoms with E-state index in [1.165, 1.54) is 0 Å². The van der Waals surface area contributed by atoms with Gasteiger partial charge in [0.1, 0.15) is 18.2 Å². The molecule has 0 aromatic heterocycles. The number of amides is 1. The quantitative estimate of drug-likeness (QED) is 0.324. The van der Waals surface area contributed by atoms with E-state index in [0.29, 0.717) is 19.4 Å². The molecule has 0 aliphatic rings. The van der Waals surface area contributed by atoms with E-state index < -0.39 is 23.7 Å². The molecule has 0 saturated carbocycles. The Balaban J connectivity index is 2.55. The van der Waals surface area contributed by atoms with Crippen molar-refractivity contribution >= 4 is 25.0 Å². The van der Waals surface area contributed by atoms with Crippen LogP contribution in [0.2, 0.25) is 0 Å². The Labute approximate surface area is 148 Å². The second kappa shape index (κ2) is 10.2. The van der Waals surface area contributed by atoms with Crippen molar-refractivity contribution in [3.8, 4) is 0 Å². The molecule has 7 heteroatoms. The normalized spacial score (nSPS) is 12.3. The third kappa shape index (κ3) is 8.79. The molecule has 0 bridgehead atoms. The van der Waals surface area contributed by atoms with Gasteiger partial charge in [0.2, 0.25) is 0 Å². The van der Waals surface area contributed by atoms with Gasteiger partial charge in [0.25, 0.3) is 0 Å². The van der Waals surface area contributed by atoms with Crippen molar-refractivity contribution in [1.82, 2.24) is 5.32 Å². The minimum atomic E-state index is -0.795. The van der Waals surface area contributed by atoms with E-state index in [0.717, 1.165) is 5.56 Å². The van der Waals surface area contributed by atoms with E-state index in [9.17, 15) is 9.59 Å². The molecular formula is C17H25NO5S. The van der Waals surface area contributed by atoms with Crippen LogP contribution in [0, 0.1) is 0 Å². The Morgan fingerprint density at radius 1 is 1.21 bits per heavy atom. The maximum atomic E-state index is 12.2. The van der Waals surface area contributed by atoms with Gasteiger partial charge >= 0.3 is 12.1 Å². The number of alkyl carbamates (subject to hydrolysis) is 1. The highest BCUT2D eigenvalue weighted by Crippen LogP contribution is 2.11. The Kier molecular flexibility index (Phi) is 8.63. The summed E-state index contributed by atoms with van der Waals surface area (Å²) in [4.78, 5) is 24.2. The summed E-state index contributed by atoms with van der Waals surface area (Å²) in [5.41, 5.74) is 0.232. The molecule has 0 saturated heterocycles. The summed E-state index contributed by atoms with van der Waals surface area (Å²) in [5, 5.41) is 2.55. The standard InChI is InChI=1S/C17H25NO5S/c1-17(2,3)23-15(19)14(10-7-11-22-24)18-16(20)21-12-13-8-5-4-6-9-13/h4-6,8-9,14,24H,7,10-12H2,1-3H3,(H,18,20)/t14-/m0/s1. The summed E-state index contributed by atoms with van der Waals surface area (Å²) < 4.78 is 15.1. The van der Waals surface area contributed by atoms with E-state index in [4.69, 9.17) is 9.47 Å². The first-order chi connectivity index (χ1) is 11.3. The van der Waals surface area contributed by atoms with Gasteiger partial charge < -0.3 is 19.0 Å². The third-order valence-electron chi connectivity index (χ3n) is 2.92. The number of carbonyl (C=O) groups is 2. The lowest BCUT2D eigenvalue weighted by molar-refractivity contribution is -0.157. The zero-order valence-corrected chi connectivity index (χ0v) is 15.2. The number of nitrogens with one attached hydrogen (secondary N) is 1. The summed E-state index contributed by atoms with van der Waals surface area (Å²) in [5.74, 6) is -0.502. The van der Waals surface area contributed by atoms with Crippen molar-refractivity contribution in [1.29, 1.82) is 0 Å². The summed E-state index contributed by atoms with van der Waals surface area (Å²) in [6.45, 7) is 5.81. The molecule has 1 amide bonds. The molecule has 1 atom stereocenters. The van der Waals surface area contributed by atoms with Crippen LogP contribution in [0.3, 0.4) is 0 Å². The van der Waals surface area contributed by atoms with E-state index in [1.807, 2.05) is 30.3 Å². The number of benzene rings is 1. The van der Waals surface area contributed by atoms with Gasteiger partial charge in [-0.2, -0.15) is 0 Å². The number of rotatable bonds is 8. The first-order valence-electron chi connectivity index (χ1n) is 7.78. The van der Waals surface area contributed by atoms with Crippen LogP contribution < -0.4 is 5.32 Å². The maximum absolute atomic E-state index is 12.2. The molecule has 1 aromatic carbocycles. The predicted molar refractivity (Wildman–Crippen MR) is 93.6 cm³/mol. The average molecular weight is 355 g/mol. The van der Waals surface area contributed by atoms with E-state index >= 15 is 0 Å². The molecule has 0 aliphatic carbocycles. The van der Waals surface area contributed by atoms with Crippen molar-refractivity contribution < 1.29 is 23.2 Å². The van der Waals surface area contributed by atoms with Crippen LogP contribution in [0.4, 0.5) is 4.79 Å². The lowest BCUT2D eigenvalue weighted by Gasteiger charge is -2.24. The van der Waals surface area contributed by atoms with Gasteiger partial charge in [0.15, 0.2) is 0 Å². The molecule has 1 rings (SSSR count). The zero-order valence-electron chi connectivity index (χ0n) is 14.3. The summed E-state index contributed by atoms with van der Waals surface area (Å²) in [6.07, 6.45) is 0.254. The Morgan fingerprint density at radius 2 is 1.88 bits per heavy atom. The molecule has 134 valence electrons. The Hall–Kier alpha value is -1.73. The van der Waals surface area contributed by atoms with Crippen molar-refractivity contribution in [2.45, 2.75) is 51.9 Å². The first-order valence-corrected chi connectivity index (χ1v) is 8.15. The van der Waals surface area contributed by atoms with E-state index in [1.54, 1.807) is 20.8 Å². The molecule has 0 unspecified atom stereocenters. The minimum absolute atomic E-state index is 0.132. The van der Waals surface area contributed by atoms with E-state index in [-0.39, 0.29) is 6.61 Å². The molecule has 0 fully saturated rings. The maximum Gasteiger partial charge on any atom is 0.408 e. The number of hydrogen-bond donors (Lipinski definition) is 2. The fraction of sp³-hybridized carbons (Fsp3) is 0.529. The number of hydrogen-bond acceptors (Lipinski definition) is 6. The molecule has 0 radical (unpaired) electrons. The lowest BCUT2D eigenvalue weighted by Crippen LogP contribution is -2.44. The molecule has 0 aliphatic heterocycles. The molecule has 0 spiro atoms. The minimum Gasteiger partial charge on any atom is -0.458 e. The SMILES string of the molecule is CC(C)(C)OC(=O)[C@H](CCCOS)NC(=O)OCc1ccccc1. The van der Waals surface area contributed by atoms with Gasteiger partial charge in [-0.25, -0.2) is 9.59 Å². The van der Waals surface area contributed by atoms with Crippen molar-refractivity contribution in [3.63, 3.8) is 0 Å². The van der Waals surface area contributed by atoms with Crippen LogP contribution >= 0.6 is 12.9 Å². The van der Waals surface area contributed by atoms with Crippen LogP contribution in [0.1, 0.15) is 39.2 Å². The first kappa shape index (κ1) is 20.3. The number of thiol groups is 1. The Morgan fingerprint density at radius 3 is 2.46 bits per heavy atom. The Bertz CT molecular complexity index is 515. The summed E-state index contributed by atoms with van der Waals surface area (Å²) in [6, 6.07) is 8.50. The van der Waals surface area contributed by atoms with Gasteiger partial charge in [-0.05, 0) is 52.1 Å². The molecule has 1 N–H and O–H groups in total. The third-order valence-corrected chi connectivity index (χ3v) is 3.11. The second-order valence-corrected chi connectivity index (χ2v) is 6.53. The van der Waals surface area contributed by atoms with Gasteiger partial charge in [0, 0.05) is 0 Å². The zero-order chi connectivity index (χ0) is 18.0. The van der Waals surface area contributed by atoms with Crippen LogP contribution in [0.25, 0.3) is 0 Å². The highest BCUT2D eigenvalue weighted by atomic mass is 32.1. The highest BCUT2D eigenvalue weighted by molar-refractivity contribution is 7.75. The van der Waals surface area contributed by atoms with Gasteiger partial charge in [0.05, 0.1) is 6.61 Å². The molecule has 24 heavy (non-hydrogen) atoms. The van der Waals surface area contributed by atoms with Gasteiger partial charge in [-0.15, -0.1) is 0 Å².